The minimum atomic E-state index is -4.57. The second kappa shape index (κ2) is 10.0. The molecule has 1 N–H and O–H groups in total. The fourth-order valence-electron chi connectivity index (χ4n) is 3.26. The number of carbonyl (C=O) groups is 1. The summed E-state index contributed by atoms with van der Waals surface area (Å²) in [5.41, 5.74) is 1.51. The molecular weight excluding hydrogens is 529 g/mol. The molecule has 0 saturated carbocycles. The molecule has 0 spiro atoms. The van der Waals surface area contributed by atoms with Crippen molar-refractivity contribution in [2.24, 2.45) is 0 Å². The van der Waals surface area contributed by atoms with Gasteiger partial charge in [0.2, 0.25) is 5.91 Å². The summed E-state index contributed by atoms with van der Waals surface area (Å²) in [4.78, 5) is 12.5. The number of para-hydroxylation sites is 1. The Morgan fingerprint density at radius 1 is 1.00 bits per heavy atom. The van der Waals surface area contributed by atoms with E-state index in [0.29, 0.717) is 11.0 Å². The zero-order chi connectivity index (χ0) is 24.3. The van der Waals surface area contributed by atoms with Gasteiger partial charge in [-0.05, 0) is 37.3 Å². The van der Waals surface area contributed by atoms with Crippen molar-refractivity contribution in [1.82, 2.24) is 14.8 Å². The van der Waals surface area contributed by atoms with Crippen molar-refractivity contribution in [2.45, 2.75) is 18.3 Å². The molecule has 0 radical (unpaired) electrons. The van der Waals surface area contributed by atoms with Crippen LogP contribution in [0.4, 0.5) is 18.9 Å². The highest BCUT2D eigenvalue weighted by Gasteiger charge is 2.33. The van der Waals surface area contributed by atoms with E-state index in [0.717, 1.165) is 39.1 Å². The monoisotopic (exact) mass is 546 g/mol. The van der Waals surface area contributed by atoms with Gasteiger partial charge in [0.25, 0.3) is 0 Å². The molecule has 10 heteroatoms. The Labute approximate surface area is 206 Å². The molecule has 0 unspecified atom stereocenters. The smallest absolute Gasteiger partial charge is 0.325 e. The van der Waals surface area contributed by atoms with Crippen molar-refractivity contribution in [3.63, 3.8) is 0 Å². The standard InChI is InChI=1S/C24H18BrF3N4OS/c1-15-10-12-16(13-11-15)32-22(17-6-2-4-8-19(17)25)30-31-23(32)34-14-21(33)29-20-9-5-3-7-18(20)24(26,27)28/h2-13H,14H2,1H3,(H,29,33). The normalized spacial score (nSPS) is 11.4. The second-order valence-corrected chi connectivity index (χ2v) is 9.13. The van der Waals surface area contributed by atoms with E-state index in [1.54, 1.807) is 0 Å². The van der Waals surface area contributed by atoms with Crippen molar-refractivity contribution < 1.29 is 18.0 Å². The molecule has 4 aromatic rings. The third-order valence-corrected chi connectivity index (χ3v) is 6.50. The third kappa shape index (κ3) is 5.34. The number of halogens is 4. The average Bonchev–Trinajstić information content (AvgIpc) is 3.22. The molecule has 0 fully saturated rings. The van der Waals surface area contributed by atoms with E-state index in [-0.39, 0.29) is 11.4 Å². The minimum Gasteiger partial charge on any atom is -0.325 e. The molecule has 4 rings (SSSR count). The van der Waals surface area contributed by atoms with Crippen LogP contribution >= 0.6 is 27.7 Å². The van der Waals surface area contributed by atoms with Crippen molar-refractivity contribution >= 4 is 39.3 Å². The molecule has 0 aliphatic heterocycles. The second-order valence-electron chi connectivity index (χ2n) is 7.34. The number of rotatable bonds is 6. The molecule has 0 aliphatic rings. The molecular formula is C24H18BrF3N4OS. The number of aryl methyl sites for hydroxylation is 1. The highest BCUT2D eigenvalue weighted by molar-refractivity contribution is 9.10. The van der Waals surface area contributed by atoms with E-state index in [1.807, 2.05) is 60.0 Å². The van der Waals surface area contributed by atoms with Gasteiger partial charge in [0.15, 0.2) is 11.0 Å². The van der Waals surface area contributed by atoms with Crippen LogP contribution in [-0.4, -0.2) is 26.4 Å². The average molecular weight is 547 g/mol. The number of carbonyl (C=O) groups excluding carboxylic acids is 1. The molecule has 3 aromatic carbocycles. The fourth-order valence-corrected chi connectivity index (χ4v) is 4.48. The Bertz CT molecular complexity index is 1320. The fraction of sp³-hybridized carbons (Fsp3) is 0.125. The number of nitrogens with one attached hydrogen (secondary N) is 1. The van der Waals surface area contributed by atoms with Gasteiger partial charge in [-0.25, -0.2) is 0 Å². The number of anilines is 1. The number of nitrogens with zero attached hydrogens (tertiary/aromatic N) is 3. The lowest BCUT2D eigenvalue weighted by molar-refractivity contribution is -0.137. The lowest BCUT2D eigenvalue weighted by atomic mass is 10.1. The summed E-state index contributed by atoms with van der Waals surface area (Å²) in [6.45, 7) is 1.98. The predicted molar refractivity (Wildman–Crippen MR) is 130 cm³/mol. The first-order valence-electron chi connectivity index (χ1n) is 10.1. The summed E-state index contributed by atoms with van der Waals surface area (Å²) in [5, 5.41) is 11.4. The van der Waals surface area contributed by atoms with Gasteiger partial charge in [-0.2, -0.15) is 13.2 Å². The van der Waals surface area contributed by atoms with Crippen molar-refractivity contribution in [3.8, 4) is 17.1 Å². The number of thioether (sulfide) groups is 1. The van der Waals surface area contributed by atoms with Gasteiger partial charge >= 0.3 is 6.18 Å². The molecule has 0 atom stereocenters. The first kappa shape index (κ1) is 24.0. The van der Waals surface area contributed by atoms with Crippen LogP contribution in [0.5, 0.6) is 0 Å². The van der Waals surface area contributed by atoms with Crippen LogP contribution in [0, 0.1) is 6.92 Å². The van der Waals surface area contributed by atoms with E-state index >= 15 is 0 Å². The maximum Gasteiger partial charge on any atom is 0.418 e. The zero-order valence-electron chi connectivity index (χ0n) is 17.8. The van der Waals surface area contributed by atoms with Crippen LogP contribution in [-0.2, 0) is 11.0 Å². The number of hydrogen-bond donors (Lipinski definition) is 1. The number of alkyl halides is 3. The molecule has 0 bridgehead atoms. The quantitative estimate of drug-likeness (QED) is 0.271. The van der Waals surface area contributed by atoms with Gasteiger partial charge in [-0.1, -0.05) is 75.7 Å². The molecule has 0 aliphatic carbocycles. The summed E-state index contributed by atoms with van der Waals surface area (Å²) >= 11 is 4.63. The summed E-state index contributed by atoms with van der Waals surface area (Å²) in [7, 11) is 0. The zero-order valence-corrected chi connectivity index (χ0v) is 20.2. The highest BCUT2D eigenvalue weighted by atomic mass is 79.9. The maximum atomic E-state index is 13.2. The van der Waals surface area contributed by atoms with Gasteiger partial charge in [-0.3, -0.25) is 9.36 Å². The summed E-state index contributed by atoms with van der Waals surface area (Å²) in [6.07, 6.45) is -4.57. The topological polar surface area (TPSA) is 59.8 Å². The van der Waals surface area contributed by atoms with Crippen LogP contribution in [0.3, 0.4) is 0 Å². The van der Waals surface area contributed by atoms with E-state index < -0.39 is 17.6 Å². The molecule has 34 heavy (non-hydrogen) atoms. The number of aromatic nitrogens is 3. The van der Waals surface area contributed by atoms with Crippen molar-refractivity contribution in [3.05, 3.63) is 88.4 Å². The van der Waals surface area contributed by atoms with Gasteiger partial charge in [0, 0.05) is 15.7 Å². The van der Waals surface area contributed by atoms with Crippen LogP contribution < -0.4 is 5.32 Å². The van der Waals surface area contributed by atoms with Crippen molar-refractivity contribution in [2.75, 3.05) is 11.1 Å². The molecule has 5 nitrogen and oxygen atoms in total. The molecule has 1 amide bonds. The lowest BCUT2D eigenvalue weighted by Crippen LogP contribution is -2.18. The Morgan fingerprint density at radius 3 is 2.38 bits per heavy atom. The van der Waals surface area contributed by atoms with Crippen LogP contribution in [0.1, 0.15) is 11.1 Å². The molecule has 0 saturated heterocycles. The maximum absolute atomic E-state index is 13.2. The van der Waals surface area contributed by atoms with Crippen LogP contribution in [0.25, 0.3) is 17.1 Å². The SMILES string of the molecule is Cc1ccc(-n2c(SCC(=O)Nc3ccccc3C(F)(F)F)nnc2-c2ccccc2Br)cc1. The Kier molecular flexibility index (Phi) is 7.08. The van der Waals surface area contributed by atoms with E-state index in [2.05, 4.69) is 31.4 Å². The number of benzene rings is 3. The van der Waals surface area contributed by atoms with E-state index in [1.165, 1.54) is 18.2 Å². The molecule has 1 heterocycles. The number of hydrogen-bond acceptors (Lipinski definition) is 4. The summed E-state index contributed by atoms with van der Waals surface area (Å²) in [5.74, 6) is -0.157. The van der Waals surface area contributed by atoms with Gasteiger partial charge in [0.1, 0.15) is 0 Å². The molecule has 174 valence electrons. The summed E-state index contributed by atoms with van der Waals surface area (Å²) in [6, 6.07) is 20.2. The largest absolute Gasteiger partial charge is 0.418 e. The van der Waals surface area contributed by atoms with Gasteiger partial charge in [-0.15, -0.1) is 10.2 Å². The lowest BCUT2D eigenvalue weighted by Gasteiger charge is -2.14. The predicted octanol–water partition coefficient (Wildman–Crippen LogP) is 6.75. The van der Waals surface area contributed by atoms with E-state index in [4.69, 9.17) is 0 Å². The Morgan fingerprint density at radius 2 is 1.68 bits per heavy atom. The van der Waals surface area contributed by atoms with Gasteiger partial charge in [0.05, 0.1) is 17.0 Å². The molecule has 1 aromatic heterocycles. The van der Waals surface area contributed by atoms with E-state index in [9.17, 15) is 18.0 Å². The van der Waals surface area contributed by atoms with Gasteiger partial charge < -0.3 is 5.32 Å². The first-order chi connectivity index (χ1) is 16.2. The third-order valence-electron chi connectivity index (χ3n) is 4.88. The first-order valence-corrected chi connectivity index (χ1v) is 11.9. The number of amides is 1. The Hall–Kier alpha value is -3.11. The van der Waals surface area contributed by atoms with Crippen molar-refractivity contribution in [1.29, 1.82) is 0 Å². The highest BCUT2D eigenvalue weighted by Crippen LogP contribution is 2.35. The van der Waals surface area contributed by atoms with Crippen LogP contribution in [0.2, 0.25) is 0 Å². The summed E-state index contributed by atoms with van der Waals surface area (Å²) < 4.78 is 42.3. The Balaban J connectivity index is 1.61. The van der Waals surface area contributed by atoms with Crippen LogP contribution in [0.15, 0.2) is 82.4 Å². The minimum absolute atomic E-state index is 0.147.